The summed E-state index contributed by atoms with van der Waals surface area (Å²) in [7, 11) is 5.87. The first-order valence-corrected chi connectivity index (χ1v) is 10.4. The summed E-state index contributed by atoms with van der Waals surface area (Å²) < 4.78 is 0. The van der Waals surface area contributed by atoms with Crippen molar-refractivity contribution in [1.82, 2.24) is 20.5 Å². The van der Waals surface area contributed by atoms with Gasteiger partial charge in [-0.15, -0.1) is 0 Å². The number of aromatic nitrogens is 1. The van der Waals surface area contributed by atoms with Crippen LogP contribution in [0.4, 0.5) is 5.82 Å². The molecule has 0 radical (unpaired) electrons. The highest BCUT2D eigenvalue weighted by Gasteiger charge is 2.26. The van der Waals surface area contributed by atoms with Crippen molar-refractivity contribution in [3.63, 3.8) is 0 Å². The van der Waals surface area contributed by atoms with Crippen LogP contribution >= 0.6 is 0 Å². The van der Waals surface area contributed by atoms with Crippen LogP contribution in [-0.2, 0) is 13.1 Å². The number of hydrogen-bond acceptors (Lipinski definition) is 4. The molecule has 2 heterocycles. The number of nitrogens with zero attached hydrogens (tertiary/aromatic N) is 4. The van der Waals surface area contributed by atoms with Crippen LogP contribution < -0.4 is 15.5 Å². The third kappa shape index (κ3) is 5.94. The zero-order valence-electron chi connectivity index (χ0n) is 18.1. The molecule has 1 aromatic carbocycles. The summed E-state index contributed by atoms with van der Waals surface area (Å²) >= 11 is 0. The van der Waals surface area contributed by atoms with E-state index in [0.717, 1.165) is 43.3 Å². The third-order valence-corrected chi connectivity index (χ3v) is 5.54. The van der Waals surface area contributed by atoms with Gasteiger partial charge >= 0.3 is 0 Å². The lowest BCUT2D eigenvalue weighted by molar-refractivity contribution is 0.134. The predicted octanol–water partition coefficient (Wildman–Crippen LogP) is 2.87. The van der Waals surface area contributed by atoms with Crippen LogP contribution in [0.15, 0.2) is 53.7 Å². The number of likely N-dealkylation sites (tertiary alicyclic amines) is 1. The van der Waals surface area contributed by atoms with Crippen LogP contribution in [0, 0.1) is 0 Å². The average molecular weight is 395 g/mol. The van der Waals surface area contributed by atoms with E-state index >= 15 is 0 Å². The summed E-state index contributed by atoms with van der Waals surface area (Å²) in [5.41, 5.74) is 2.54. The Labute approximate surface area is 175 Å². The van der Waals surface area contributed by atoms with Crippen molar-refractivity contribution in [2.24, 2.45) is 4.99 Å². The van der Waals surface area contributed by atoms with E-state index in [1.165, 1.54) is 5.56 Å². The minimum Gasteiger partial charge on any atom is -0.362 e. The zero-order chi connectivity index (χ0) is 20.6. The van der Waals surface area contributed by atoms with E-state index in [4.69, 9.17) is 0 Å². The van der Waals surface area contributed by atoms with Gasteiger partial charge in [0.2, 0.25) is 0 Å². The van der Waals surface area contributed by atoms with E-state index in [2.05, 4.69) is 68.8 Å². The molecular formula is C23H34N6. The first-order valence-electron chi connectivity index (χ1n) is 10.4. The molecule has 3 rings (SSSR count). The molecule has 1 fully saturated rings. The van der Waals surface area contributed by atoms with Gasteiger partial charge in [0, 0.05) is 64.6 Å². The number of benzene rings is 1. The van der Waals surface area contributed by atoms with Crippen molar-refractivity contribution in [3.8, 4) is 0 Å². The number of guanidine groups is 1. The second kappa shape index (κ2) is 10.3. The van der Waals surface area contributed by atoms with Gasteiger partial charge in [-0.1, -0.05) is 36.4 Å². The van der Waals surface area contributed by atoms with Crippen LogP contribution in [-0.4, -0.2) is 55.6 Å². The molecule has 1 aliphatic heterocycles. The van der Waals surface area contributed by atoms with Crippen molar-refractivity contribution in [3.05, 3.63) is 59.8 Å². The Morgan fingerprint density at radius 3 is 2.69 bits per heavy atom. The molecule has 0 amide bonds. The van der Waals surface area contributed by atoms with Crippen molar-refractivity contribution < 1.29 is 0 Å². The van der Waals surface area contributed by atoms with Crippen LogP contribution in [0.3, 0.4) is 0 Å². The lowest BCUT2D eigenvalue weighted by atomic mass is 9.97. The van der Waals surface area contributed by atoms with E-state index < -0.39 is 0 Å². The minimum absolute atomic E-state index is 0.436. The van der Waals surface area contributed by atoms with Gasteiger partial charge in [0.25, 0.3) is 0 Å². The molecule has 2 atom stereocenters. The van der Waals surface area contributed by atoms with Gasteiger partial charge in [-0.25, -0.2) is 4.98 Å². The molecule has 1 aliphatic rings. The van der Waals surface area contributed by atoms with Crippen molar-refractivity contribution in [1.29, 1.82) is 0 Å². The Morgan fingerprint density at radius 2 is 2.00 bits per heavy atom. The molecule has 0 bridgehead atoms. The minimum atomic E-state index is 0.436. The third-order valence-electron chi connectivity index (χ3n) is 5.54. The Balaban J connectivity index is 1.51. The zero-order valence-corrected chi connectivity index (χ0v) is 18.1. The molecule has 2 aromatic rings. The molecule has 29 heavy (non-hydrogen) atoms. The molecule has 2 N–H and O–H groups in total. The lowest BCUT2D eigenvalue weighted by Crippen LogP contribution is -2.51. The van der Waals surface area contributed by atoms with Crippen molar-refractivity contribution >= 4 is 11.8 Å². The highest BCUT2D eigenvalue weighted by molar-refractivity contribution is 5.80. The average Bonchev–Trinajstić information content (AvgIpc) is 2.74. The molecule has 0 spiro atoms. The van der Waals surface area contributed by atoms with Crippen LogP contribution in [0.2, 0.25) is 0 Å². The molecule has 6 nitrogen and oxygen atoms in total. The Kier molecular flexibility index (Phi) is 7.47. The summed E-state index contributed by atoms with van der Waals surface area (Å²) in [6, 6.07) is 15.8. The molecule has 6 heteroatoms. The fraction of sp³-hybridized carbons (Fsp3) is 0.478. The molecule has 1 saturated heterocycles. The van der Waals surface area contributed by atoms with E-state index in [1.54, 1.807) is 0 Å². The summed E-state index contributed by atoms with van der Waals surface area (Å²) in [6.45, 7) is 5.14. The number of rotatable bonds is 6. The highest BCUT2D eigenvalue weighted by Crippen LogP contribution is 2.20. The topological polar surface area (TPSA) is 55.8 Å². The normalized spacial score (nSPS) is 20.3. The second-order valence-corrected chi connectivity index (χ2v) is 7.98. The number of piperidine rings is 1. The Morgan fingerprint density at radius 1 is 1.21 bits per heavy atom. The summed E-state index contributed by atoms with van der Waals surface area (Å²) in [4.78, 5) is 13.5. The van der Waals surface area contributed by atoms with Gasteiger partial charge in [-0.2, -0.15) is 0 Å². The van der Waals surface area contributed by atoms with E-state index in [-0.39, 0.29) is 0 Å². The fourth-order valence-electron chi connectivity index (χ4n) is 3.94. The number of anilines is 1. The maximum atomic E-state index is 4.47. The van der Waals surface area contributed by atoms with Crippen LogP contribution in [0.5, 0.6) is 0 Å². The lowest BCUT2D eigenvalue weighted by Gasteiger charge is -2.38. The SMILES string of the molecule is CN=C(NCc1cccnc1N(C)C)NC1CCN(Cc2ccccc2)C(C)C1. The van der Waals surface area contributed by atoms with Gasteiger partial charge in [0.05, 0.1) is 0 Å². The molecule has 2 unspecified atom stereocenters. The largest absolute Gasteiger partial charge is 0.362 e. The Hall–Kier alpha value is -2.60. The predicted molar refractivity (Wildman–Crippen MR) is 121 cm³/mol. The molecular weight excluding hydrogens is 360 g/mol. The summed E-state index contributed by atoms with van der Waals surface area (Å²) in [5, 5.41) is 7.07. The van der Waals surface area contributed by atoms with E-state index in [1.807, 2.05) is 38.3 Å². The summed E-state index contributed by atoms with van der Waals surface area (Å²) in [5.74, 6) is 1.84. The number of pyridine rings is 1. The fourth-order valence-corrected chi connectivity index (χ4v) is 3.94. The van der Waals surface area contributed by atoms with Crippen LogP contribution in [0.1, 0.15) is 30.9 Å². The highest BCUT2D eigenvalue weighted by atomic mass is 15.2. The standard InChI is InChI=1S/C23H34N6/c1-18-15-21(12-14-29(18)17-19-9-6-5-7-10-19)27-23(24-2)26-16-20-11-8-13-25-22(20)28(3)4/h5-11,13,18,21H,12,14-17H2,1-4H3,(H2,24,26,27). The molecule has 0 aliphatic carbocycles. The second-order valence-electron chi connectivity index (χ2n) is 7.98. The number of nitrogens with one attached hydrogen (secondary N) is 2. The Bertz CT molecular complexity index is 789. The quantitative estimate of drug-likeness (QED) is 0.583. The maximum Gasteiger partial charge on any atom is 0.191 e. The molecule has 1 aromatic heterocycles. The molecule has 156 valence electrons. The first kappa shape index (κ1) is 21.1. The van der Waals surface area contributed by atoms with Gasteiger partial charge in [-0.05, 0) is 31.4 Å². The van der Waals surface area contributed by atoms with E-state index in [0.29, 0.717) is 18.6 Å². The number of aliphatic imine (C=N–C) groups is 1. The smallest absolute Gasteiger partial charge is 0.191 e. The summed E-state index contributed by atoms with van der Waals surface area (Å²) in [6.07, 6.45) is 4.06. The first-order chi connectivity index (χ1) is 14.1. The van der Waals surface area contributed by atoms with Crippen LogP contribution in [0.25, 0.3) is 0 Å². The van der Waals surface area contributed by atoms with Gasteiger partial charge in [0.1, 0.15) is 5.82 Å². The number of hydrogen-bond donors (Lipinski definition) is 2. The van der Waals surface area contributed by atoms with Crippen molar-refractivity contribution in [2.45, 2.75) is 44.9 Å². The monoisotopic (exact) mass is 394 g/mol. The van der Waals surface area contributed by atoms with E-state index in [9.17, 15) is 0 Å². The maximum absolute atomic E-state index is 4.47. The van der Waals surface area contributed by atoms with Gasteiger partial charge < -0.3 is 15.5 Å². The van der Waals surface area contributed by atoms with Gasteiger partial charge in [-0.3, -0.25) is 9.89 Å². The van der Waals surface area contributed by atoms with Crippen molar-refractivity contribution in [2.75, 3.05) is 32.6 Å². The molecule has 0 saturated carbocycles. The van der Waals surface area contributed by atoms with Gasteiger partial charge in [0.15, 0.2) is 5.96 Å².